The van der Waals surface area contributed by atoms with Crippen molar-refractivity contribution in [2.75, 3.05) is 13.1 Å². The van der Waals surface area contributed by atoms with Gasteiger partial charge in [-0.15, -0.1) is 11.3 Å². The molecule has 2 atom stereocenters. The van der Waals surface area contributed by atoms with Crippen molar-refractivity contribution in [1.29, 1.82) is 0 Å². The van der Waals surface area contributed by atoms with Gasteiger partial charge in [-0.25, -0.2) is 4.98 Å². The molecule has 1 aliphatic rings. The van der Waals surface area contributed by atoms with Crippen molar-refractivity contribution >= 4 is 23.3 Å². The fraction of sp³-hybridized carbons (Fsp3) is 0.571. The van der Waals surface area contributed by atoms with E-state index in [-0.39, 0.29) is 11.9 Å². The van der Waals surface area contributed by atoms with Gasteiger partial charge in [0.15, 0.2) is 0 Å². The lowest BCUT2D eigenvalue weighted by atomic mass is 9.92. The Labute approximate surface area is 118 Å². The molecule has 1 amide bonds. The zero-order chi connectivity index (χ0) is 13.8. The third kappa shape index (κ3) is 3.88. The fourth-order valence-electron chi connectivity index (χ4n) is 2.36. The van der Waals surface area contributed by atoms with E-state index in [9.17, 15) is 4.79 Å². The summed E-state index contributed by atoms with van der Waals surface area (Å²) >= 11 is 1.59. The number of nitrogens with two attached hydrogens (primary N) is 1. The van der Waals surface area contributed by atoms with Crippen LogP contribution in [0.3, 0.4) is 0 Å². The number of nitrogens with zero attached hydrogens (tertiary/aromatic N) is 2. The van der Waals surface area contributed by atoms with Crippen LogP contribution >= 0.6 is 11.3 Å². The van der Waals surface area contributed by atoms with Crippen LogP contribution < -0.4 is 5.73 Å². The molecule has 1 aromatic heterocycles. The number of rotatable bonds is 3. The molecule has 0 spiro atoms. The SMILES string of the molecule is Cc1nc(C=CC(=O)N2CCCC(C(C)N)C2)cs1. The van der Waals surface area contributed by atoms with Crippen molar-refractivity contribution < 1.29 is 4.79 Å². The van der Waals surface area contributed by atoms with Crippen LogP contribution in [0.1, 0.15) is 30.5 Å². The zero-order valence-corrected chi connectivity index (χ0v) is 12.3. The largest absolute Gasteiger partial charge is 0.339 e. The van der Waals surface area contributed by atoms with Crippen molar-refractivity contribution in [2.24, 2.45) is 11.7 Å². The van der Waals surface area contributed by atoms with Gasteiger partial charge in [0, 0.05) is 30.6 Å². The molecular formula is C14H21N3OS. The van der Waals surface area contributed by atoms with Crippen LogP contribution in [0.25, 0.3) is 6.08 Å². The maximum Gasteiger partial charge on any atom is 0.246 e. The summed E-state index contributed by atoms with van der Waals surface area (Å²) in [6.07, 6.45) is 5.58. The van der Waals surface area contributed by atoms with Crippen molar-refractivity contribution in [1.82, 2.24) is 9.88 Å². The van der Waals surface area contributed by atoms with Gasteiger partial charge in [-0.2, -0.15) is 0 Å². The fourth-order valence-corrected chi connectivity index (χ4v) is 2.94. The summed E-state index contributed by atoms with van der Waals surface area (Å²) in [5.74, 6) is 0.489. The maximum absolute atomic E-state index is 12.1. The van der Waals surface area contributed by atoms with E-state index in [0.717, 1.165) is 36.6 Å². The highest BCUT2D eigenvalue weighted by Crippen LogP contribution is 2.19. The van der Waals surface area contributed by atoms with Gasteiger partial charge in [0.05, 0.1) is 10.7 Å². The predicted octanol–water partition coefficient (Wildman–Crippen LogP) is 2.05. The van der Waals surface area contributed by atoms with E-state index in [1.807, 2.05) is 24.1 Å². The molecule has 0 bridgehead atoms. The summed E-state index contributed by atoms with van der Waals surface area (Å²) in [5.41, 5.74) is 6.79. The molecular weight excluding hydrogens is 258 g/mol. The Balaban J connectivity index is 1.94. The molecule has 104 valence electrons. The highest BCUT2D eigenvalue weighted by Gasteiger charge is 2.24. The summed E-state index contributed by atoms with van der Waals surface area (Å²) in [4.78, 5) is 18.3. The normalized spacial score (nSPS) is 21.8. The van der Waals surface area contributed by atoms with E-state index in [2.05, 4.69) is 4.98 Å². The average molecular weight is 279 g/mol. The quantitative estimate of drug-likeness (QED) is 0.862. The van der Waals surface area contributed by atoms with Gasteiger partial charge in [-0.05, 0) is 38.7 Å². The van der Waals surface area contributed by atoms with Crippen LogP contribution in [0, 0.1) is 12.8 Å². The molecule has 2 N–H and O–H groups in total. The highest BCUT2D eigenvalue weighted by atomic mass is 32.1. The van der Waals surface area contributed by atoms with Crippen molar-refractivity contribution in [2.45, 2.75) is 32.7 Å². The zero-order valence-electron chi connectivity index (χ0n) is 11.5. The lowest BCUT2D eigenvalue weighted by Crippen LogP contribution is -2.44. The molecule has 0 aromatic carbocycles. The van der Waals surface area contributed by atoms with Gasteiger partial charge >= 0.3 is 0 Å². The first-order chi connectivity index (χ1) is 9.06. The van der Waals surface area contributed by atoms with Gasteiger partial charge in [-0.1, -0.05) is 0 Å². The molecule has 1 fully saturated rings. The first kappa shape index (κ1) is 14.2. The van der Waals surface area contributed by atoms with Gasteiger partial charge in [0.1, 0.15) is 0 Å². The summed E-state index contributed by atoms with van der Waals surface area (Å²) in [6.45, 7) is 5.59. The standard InChI is InChI=1S/C14H21N3OS/c1-10(15)12-4-3-7-17(8-12)14(18)6-5-13-9-19-11(2)16-13/h5-6,9-10,12H,3-4,7-8,15H2,1-2H3. The van der Waals surface area contributed by atoms with Crippen LogP contribution in [0.4, 0.5) is 0 Å². The molecule has 1 saturated heterocycles. The molecule has 0 aliphatic carbocycles. The molecule has 5 heteroatoms. The topological polar surface area (TPSA) is 59.2 Å². The second kappa shape index (κ2) is 6.30. The minimum Gasteiger partial charge on any atom is -0.339 e. The van der Waals surface area contributed by atoms with Gasteiger partial charge in [0.25, 0.3) is 0 Å². The predicted molar refractivity (Wildman–Crippen MR) is 78.8 cm³/mol. The van der Waals surface area contributed by atoms with E-state index >= 15 is 0 Å². The molecule has 0 saturated carbocycles. The monoisotopic (exact) mass is 279 g/mol. The molecule has 1 aliphatic heterocycles. The number of aromatic nitrogens is 1. The van der Waals surface area contributed by atoms with Crippen LogP contribution in [-0.4, -0.2) is 34.9 Å². The van der Waals surface area contributed by atoms with Crippen LogP contribution in [-0.2, 0) is 4.79 Å². The lowest BCUT2D eigenvalue weighted by molar-refractivity contribution is -0.127. The van der Waals surface area contributed by atoms with Crippen molar-refractivity contribution in [3.8, 4) is 0 Å². The van der Waals surface area contributed by atoms with E-state index in [1.165, 1.54) is 0 Å². The Morgan fingerprint density at radius 1 is 1.68 bits per heavy atom. The van der Waals surface area contributed by atoms with E-state index in [1.54, 1.807) is 23.5 Å². The number of aryl methyl sites for hydroxylation is 1. The summed E-state index contributed by atoms with van der Waals surface area (Å²) in [5, 5.41) is 2.97. The van der Waals surface area contributed by atoms with Crippen molar-refractivity contribution in [3.05, 3.63) is 22.2 Å². The molecule has 4 nitrogen and oxygen atoms in total. The second-order valence-corrected chi connectivity index (χ2v) is 6.23. The smallest absolute Gasteiger partial charge is 0.246 e. The molecule has 19 heavy (non-hydrogen) atoms. The number of amides is 1. The molecule has 2 rings (SSSR count). The Hall–Kier alpha value is -1.20. The molecule has 1 aromatic rings. The Kier molecular flexibility index (Phi) is 4.71. The number of carbonyl (C=O) groups excluding carboxylic acids is 1. The van der Waals surface area contributed by atoms with Crippen molar-refractivity contribution in [3.63, 3.8) is 0 Å². The molecule has 0 radical (unpaired) electrons. The third-order valence-corrected chi connectivity index (χ3v) is 4.34. The van der Waals surface area contributed by atoms with Crippen LogP contribution in [0.15, 0.2) is 11.5 Å². The summed E-state index contributed by atoms with van der Waals surface area (Å²) < 4.78 is 0. The minimum absolute atomic E-state index is 0.0657. The lowest BCUT2D eigenvalue weighted by Gasteiger charge is -2.34. The van der Waals surface area contributed by atoms with Gasteiger partial charge < -0.3 is 10.6 Å². The average Bonchev–Trinajstić information content (AvgIpc) is 2.82. The summed E-state index contributed by atoms with van der Waals surface area (Å²) in [6, 6.07) is 0.153. The number of piperidine rings is 1. The van der Waals surface area contributed by atoms with E-state index in [4.69, 9.17) is 5.73 Å². The van der Waals surface area contributed by atoms with Crippen LogP contribution in [0.2, 0.25) is 0 Å². The Morgan fingerprint density at radius 2 is 2.47 bits per heavy atom. The minimum atomic E-state index is 0.0657. The number of likely N-dealkylation sites (tertiary alicyclic amines) is 1. The second-order valence-electron chi connectivity index (χ2n) is 5.17. The molecule has 2 heterocycles. The highest BCUT2D eigenvalue weighted by molar-refractivity contribution is 7.09. The van der Waals surface area contributed by atoms with Gasteiger partial charge in [-0.3, -0.25) is 4.79 Å². The van der Waals surface area contributed by atoms with Crippen LogP contribution in [0.5, 0.6) is 0 Å². The Bertz CT molecular complexity index is 467. The van der Waals surface area contributed by atoms with E-state index < -0.39 is 0 Å². The Morgan fingerprint density at radius 3 is 3.11 bits per heavy atom. The number of hydrogen-bond donors (Lipinski definition) is 1. The van der Waals surface area contributed by atoms with Gasteiger partial charge in [0.2, 0.25) is 5.91 Å². The number of carbonyl (C=O) groups is 1. The first-order valence-electron chi connectivity index (χ1n) is 6.71. The first-order valence-corrected chi connectivity index (χ1v) is 7.59. The molecule has 2 unspecified atom stereocenters. The summed E-state index contributed by atoms with van der Waals surface area (Å²) in [7, 11) is 0. The number of thiazole rings is 1. The third-order valence-electron chi connectivity index (χ3n) is 3.55. The maximum atomic E-state index is 12.1. The number of hydrogen-bond acceptors (Lipinski definition) is 4. The van der Waals surface area contributed by atoms with E-state index in [0.29, 0.717) is 5.92 Å².